The van der Waals surface area contributed by atoms with E-state index in [0.717, 1.165) is 5.56 Å². The summed E-state index contributed by atoms with van der Waals surface area (Å²) in [5.74, 6) is 0.756. The van der Waals surface area contributed by atoms with Gasteiger partial charge in [0.05, 0.1) is 18.8 Å². The predicted molar refractivity (Wildman–Crippen MR) is 79.0 cm³/mol. The number of carboxylic acid groups (broad SMARTS) is 1. The molecule has 1 aliphatic heterocycles. The lowest BCUT2D eigenvalue weighted by Gasteiger charge is -2.11. The molecule has 0 radical (unpaired) electrons. The molecule has 1 unspecified atom stereocenters. The Balaban J connectivity index is 2.04. The van der Waals surface area contributed by atoms with Crippen molar-refractivity contribution in [2.75, 3.05) is 13.2 Å². The van der Waals surface area contributed by atoms with E-state index in [1.54, 1.807) is 18.2 Å². The fourth-order valence-corrected chi connectivity index (χ4v) is 2.34. The molecule has 0 aliphatic carbocycles. The van der Waals surface area contributed by atoms with Gasteiger partial charge in [-0.1, -0.05) is 31.2 Å². The maximum atomic E-state index is 11.3. The Morgan fingerprint density at radius 1 is 1.10 bits per heavy atom. The third-order valence-electron chi connectivity index (χ3n) is 3.46. The Bertz CT molecular complexity index is 678. The first-order chi connectivity index (χ1) is 10.1. The predicted octanol–water partition coefficient (Wildman–Crippen LogP) is 3.46. The van der Waals surface area contributed by atoms with Crippen LogP contribution in [0.2, 0.25) is 0 Å². The summed E-state index contributed by atoms with van der Waals surface area (Å²) in [5, 5.41) is 9.29. The van der Waals surface area contributed by atoms with Gasteiger partial charge >= 0.3 is 5.97 Å². The highest BCUT2D eigenvalue weighted by molar-refractivity contribution is 5.96. The molecule has 0 amide bonds. The summed E-state index contributed by atoms with van der Waals surface area (Å²) in [5.41, 5.74) is 1.76. The van der Waals surface area contributed by atoms with Crippen LogP contribution in [-0.4, -0.2) is 24.3 Å². The first-order valence-electron chi connectivity index (χ1n) is 6.87. The molecule has 0 saturated heterocycles. The molecule has 0 aromatic heterocycles. The number of hydrogen-bond acceptors (Lipinski definition) is 3. The molecule has 0 bridgehead atoms. The second kappa shape index (κ2) is 5.48. The molecule has 0 saturated carbocycles. The number of ether oxygens (including phenoxy) is 2. The van der Waals surface area contributed by atoms with Gasteiger partial charge in [-0.2, -0.15) is 0 Å². The number of carbonyl (C=O) groups is 1. The van der Waals surface area contributed by atoms with Crippen LogP contribution >= 0.6 is 0 Å². The zero-order valence-electron chi connectivity index (χ0n) is 11.7. The molecule has 3 rings (SSSR count). The van der Waals surface area contributed by atoms with Gasteiger partial charge in [0.2, 0.25) is 0 Å². The van der Waals surface area contributed by atoms with Crippen molar-refractivity contribution >= 4 is 5.97 Å². The fraction of sp³-hybridized carbons (Fsp3) is 0.235. The lowest BCUT2D eigenvalue weighted by atomic mass is 9.99. The second-order valence-corrected chi connectivity index (χ2v) is 5.24. The maximum absolute atomic E-state index is 11.3. The van der Waals surface area contributed by atoms with Gasteiger partial charge in [-0.15, -0.1) is 0 Å². The Morgan fingerprint density at radius 3 is 2.57 bits per heavy atom. The molecule has 4 nitrogen and oxygen atoms in total. The van der Waals surface area contributed by atoms with Crippen LogP contribution in [0.4, 0.5) is 0 Å². The van der Waals surface area contributed by atoms with Crippen LogP contribution < -0.4 is 9.47 Å². The van der Waals surface area contributed by atoms with E-state index in [4.69, 9.17) is 9.47 Å². The van der Waals surface area contributed by atoms with E-state index in [-0.39, 0.29) is 5.56 Å². The van der Waals surface area contributed by atoms with Gasteiger partial charge in [-0.05, 0) is 29.3 Å². The van der Waals surface area contributed by atoms with Crippen molar-refractivity contribution < 1.29 is 19.4 Å². The van der Waals surface area contributed by atoms with E-state index in [9.17, 15) is 9.90 Å². The molecule has 4 heteroatoms. The summed E-state index contributed by atoms with van der Waals surface area (Å²) < 4.78 is 11.4. The van der Waals surface area contributed by atoms with E-state index in [0.29, 0.717) is 36.2 Å². The van der Waals surface area contributed by atoms with E-state index >= 15 is 0 Å². The molecule has 1 atom stereocenters. The summed E-state index contributed by atoms with van der Waals surface area (Å²) in [7, 11) is 0. The molecule has 108 valence electrons. The van der Waals surface area contributed by atoms with Gasteiger partial charge in [0.15, 0.2) is 11.5 Å². The lowest BCUT2D eigenvalue weighted by molar-refractivity contribution is 0.0697. The monoisotopic (exact) mass is 284 g/mol. The number of benzene rings is 2. The Hall–Kier alpha value is -2.49. The molecule has 0 fully saturated rings. The highest BCUT2D eigenvalue weighted by Crippen LogP contribution is 2.35. The summed E-state index contributed by atoms with van der Waals surface area (Å²) >= 11 is 0. The molecular formula is C17H16O4. The number of hydrogen-bond donors (Lipinski definition) is 1. The van der Waals surface area contributed by atoms with Crippen molar-refractivity contribution in [1.29, 1.82) is 0 Å². The van der Waals surface area contributed by atoms with Crippen LogP contribution in [0.5, 0.6) is 11.5 Å². The number of aromatic carboxylic acids is 1. The summed E-state index contributed by atoms with van der Waals surface area (Å²) in [6.07, 6.45) is 0. The summed E-state index contributed by atoms with van der Waals surface area (Å²) in [6.45, 7) is 3.28. The highest BCUT2D eigenvalue weighted by atomic mass is 16.5. The van der Waals surface area contributed by atoms with Crippen molar-refractivity contribution in [2.24, 2.45) is 5.92 Å². The quantitative estimate of drug-likeness (QED) is 0.917. The van der Waals surface area contributed by atoms with Crippen molar-refractivity contribution in [1.82, 2.24) is 0 Å². The van der Waals surface area contributed by atoms with Gasteiger partial charge < -0.3 is 14.6 Å². The first-order valence-corrected chi connectivity index (χ1v) is 6.87. The Kier molecular flexibility index (Phi) is 3.52. The molecule has 2 aromatic rings. The normalized spacial score (nSPS) is 17.1. The SMILES string of the molecule is CC1COc2ccc(-c3ccccc3C(=O)O)cc2OC1. The number of fused-ring (bicyclic) bond motifs is 1. The van der Waals surface area contributed by atoms with E-state index in [1.807, 2.05) is 24.3 Å². The van der Waals surface area contributed by atoms with Gasteiger partial charge in [0, 0.05) is 5.92 Å². The van der Waals surface area contributed by atoms with Crippen LogP contribution in [-0.2, 0) is 0 Å². The largest absolute Gasteiger partial charge is 0.489 e. The fourth-order valence-electron chi connectivity index (χ4n) is 2.34. The minimum absolute atomic E-state index is 0.278. The molecule has 1 N–H and O–H groups in total. The molecule has 1 aliphatic rings. The zero-order chi connectivity index (χ0) is 14.8. The topological polar surface area (TPSA) is 55.8 Å². The van der Waals surface area contributed by atoms with Crippen molar-refractivity contribution in [2.45, 2.75) is 6.92 Å². The first kappa shape index (κ1) is 13.5. The highest BCUT2D eigenvalue weighted by Gasteiger charge is 2.17. The van der Waals surface area contributed by atoms with Crippen LogP contribution in [0.15, 0.2) is 42.5 Å². The minimum Gasteiger partial charge on any atom is -0.489 e. The van der Waals surface area contributed by atoms with Gasteiger partial charge in [0.1, 0.15) is 0 Å². The average molecular weight is 284 g/mol. The van der Waals surface area contributed by atoms with Crippen LogP contribution in [0.3, 0.4) is 0 Å². The van der Waals surface area contributed by atoms with E-state index < -0.39 is 5.97 Å². The Labute approximate surface area is 122 Å². The van der Waals surface area contributed by atoms with Crippen LogP contribution in [0.1, 0.15) is 17.3 Å². The minimum atomic E-state index is -0.939. The van der Waals surface area contributed by atoms with Gasteiger partial charge in [-0.25, -0.2) is 4.79 Å². The third kappa shape index (κ3) is 2.70. The smallest absolute Gasteiger partial charge is 0.336 e. The van der Waals surface area contributed by atoms with E-state index in [1.165, 1.54) is 0 Å². The second-order valence-electron chi connectivity index (χ2n) is 5.24. The summed E-state index contributed by atoms with van der Waals surface area (Å²) in [4.78, 5) is 11.3. The molecule has 2 aromatic carbocycles. The standard InChI is InChI=1S/C17H16O4/c1-11-9-20-15-7-6-12(8-16(15)21-10-11)13-4-2-3-5-14(13)17(18)19/h2-8,11H,9-10H2,1H3,(H,18,19). The Morgan fingerprint density at radius 2 is 1.81 bits per heavy atom. The number of rotatable bonds is 2. The van der Waals surface area contributed by atoms with Crippen molar-refractivity contribution in [3.8, 4) is 22.6 Å². The zero-order valence-corrected chi connectivity index (χ0v) is 11.7. The molecule has 0 spiro atoms. The van der Waals surface area contributed by atoms with Gasteiger partial charge in [-0.3, -0.25) is 0 Å². The van der Waals surface area contributed by atoms with Crippen LogP contribution in [0.25, 0.3) is 11.1 Å². The van der Waals surface area contributed by atoms with Gasteiger partial charge in [0.25, 0.3) is 0 Å². The molecular weight excluding hydrogens is 268 g/mol. The van der Waals surface area contributed by atoms with Crippen molar-refractivity contribution in [3.05, 3.63) is 48.0 Å². The number of carboxylic acids is 1. The molecule has 1 heterocycles. The molecule has 21 heavy (non-hydrogen) atoms. The van der Waals surface area contributed by atoms with Crippen molar-refractivity contribution in [3.63, 3.8) is 0 Å². The summed E-state index contributed by atoms with van der Waals surface area (Å²) in [6, 6.07) is 12.5. The maximum Gasteiger partial charge on any atom is 0.336 e. The average Bonchev–Trinajstić information content (AvgIpc) is 2.69. The van der Waals surface area contributed by atoms with E-state index in [2.05, 4.69) is 6.92 Å². The third-order valence-corrected chi connectivity index (χ3v) is 3.46. The lowest BCUT2D eigenvalue weighted by Crippen LogP contribution is -2.12. The van der Waals surface area contributed by atoms with Crippen LogP contribution in [0, 0.1) is 5.92 Å².